The molecule has 1 aromatic heterocycles. The van der Waals surface area contributed by atoms with E-state index in [-0.39, 0.29) is 6.03 Å². The molecule has 1 saturated heterocycles. The zero-order valence-electron chi connectivity index (χ0n) is 13.8. The third-order valence-corrected chi connectivity index (χ3v) is 5.16. The summed E-state index contributed by atoms with van der Waals surface area (Å²) in [5.74, 6) is 1.63. The number of urea groups is 1. The fraction of sp³-hybridized carbons (Fsp3) is 0.412. The number of nitrogens with one attached hydrogen (secondary N) is 1. The first-order valence-corrected chi connectivity index (χ1v) is 9.18. The average molecular weight is 360 g/mol. The van der Waals surface area contributed by atoms with Gasteiger partial charge in [0.1, 0.15) is 5.01 Å². The first-order valence-electron chi connectivity index (χ1n) is 8.30. The van der Waals surface area contributed by atoms with Gasteiger partial charge in [0.15, 0.2) is 11.5 Å². The van der Waals surface area contributed by atoms with Gasteiger partial charge < -0.3 is 19.7 Å². The van der Waals surface area contributed by atoms with Crippen molar-refractivity contribution in [2.45, 2.75) is 13.1 Å². The first kappa shape index (κ1) is 16.2. The maximum absolute atomic E-state index is 12.2. The van der Waals surface area contributed by atoms with Gasteiger partial charge in [0.25, 0.3) is 0 Å². The summed E-state index contributed by atoms with van der Waals surface area (Å²) in [7, 11) is 0. The highest BCUT2D eigenvalue weighted by Gasteiger charge is 2.22. The number of piperazine rings is 1. The molecule has 1 fully saturated rings. The quantitative estimate of drug-likeness (QED) is 0.902. The highest BCUT2D eigenvalue weighted by atomic mass is 32.1. The van der Waals surface area contributed by atoms with Gasteiger partial charge in [0, 0.05) is 44.3 Å². The van der Waals surface area contributed by atoms with E-state index in [4.69, 9.17) is 9.47 Å². The maximum atomic E-state index is 12.2. The number of amides is 2. The number of thiazole rings is 1. The van der Waals surface area contributed by atoms with Gasteiger partial charge in [-0.05, 0) is 17.7 Å². The third-order valence-electron chi connectivity index (χ3n) is 4.38. The summed E-state index contributed by atoms with van der Waals surface area (Å²) in [4.78, 5) is 20.6. The van der Waals surface area contributed by atoms with Gasteiger partial charge in [-0.3, -0.25) is 4.90 Å². The van der Waals surface area contributed by atoms with E-state index in [2.05, 4.69) is 21.3 Å². The third kappa shape index (κ3) is 3.85. The molecule has 132 valence electrons. The number of nitrogens with zero attached hydrogens (tertiary/aromatic N) is 3. The van der Waals surface area contributed by atoms with Crippen LogP contribution in [0, 0.1) is 0 Å². The van der Waals surface area contributed by atoms with Crippen LogP contribution < -0.4 is 14.8 Å². The van der Waals surface area contributed by atoms with Gasteiger partial charge >= 0.3 is 6.03 Å². The van der Waals surface area contributed by atoms with E-state index in [1.165, 1.54) is 5.56 Å². The van der Waals surface area contributed by atoms with Gasteiger partial charge in [0.2, 0.25) is 6.79 Å². The number of fused-ring (bicyclic) bond motifs is 1. The molecule has 0 spiro atoms. The van der Waals surface area contributed by atoms with Crippen molar-refractivity contribution >= 4 is 17.4 Å². The Morgan fingerprint density at radius 2 is 2.04 bits per heavy atom. The van der Waals surface area contributed by atoms with Crippen molar-refractivity contribution in [1.29, 1.82) is 0 Å². The Morgan fingerprint density at radius 3 is 2.84 bits per heavy atom. The summed E-state index contributed by atoms with van der Waals surface area (Å²) in [6, 6.07) is 6.05. The zero-order valence-corrected chi connectivity index (χ0v) is 14.6. The SMILES string of the molecule is O=C(NCc1nccs1)N1CCN(Cc2ccc3c(c2)OCO3)CC1. The lowest BCUT2D eigenvalue weighted by Crippen LogP contribution is -2.51. The van der Waals surface area contributed by atoms with Crippen LogP contribution >= 0.6 is 11.3 Å². The predicted molar refractivity (Wildman–Crippen MR) is 93.8 cm³/mol. The predicted octanol–water partition coefficient (Wildman–Crippen LogP) is 1.90. The molecule has 0 atom stereocenters. The van der Waals surface area contributed by atoms with E-state index >= 15 is 0 Å². The molecule has 2 aliphatic rings. The van der Waals surface area contributed by atoms with Gasteiger partial charge in [0.05, 0.1) is 6.54 Å². The van der Waals surface area contributed by atoms with E-state index in [0.29, 0.717) is 13.3 Å². The van der Waals surface area contributed by atoms with Crippen molar-refractivity contribution in [2.24, 2.45) is 0 Å². The van der Waals surface area contributed by atoms with Gasteiger partial charge in [-0.2, -0.15) is 0 Å². The molecule has 1 aromatic carbocycles. The normalized spacial score (nSPS) is 16.9. The lowest BCUT2D eigenvalue weighted by atomic mass is 10.1. The average Bonchev–Trinajstić information content (AvgIpc) is 3.31. The van der Waals surface area contributed by atoms with Crippen LogP contribution in [-0.4, -0.2) is 53.8 Å². The highest BCUT2D eigenvalue weighted by molar-refractivity contribution is 7.09. The molecule has 2 amide bonds. The van der Waals surface area contributed by atoms with Crippen LogP contribution in [0.15, 0.2) is 29.8 Å². The van der Waals surface area contributed by atoms with Crippen LogP contribution in [0.3, 0.4) is 0 Å². The molecule has 2 aliphatic heterocycles. The number of ether oxygens (including phenoxy) is 2. The second kappa shape index (κ2) is 7.28. The Hall–Kier alpha value is -2.32. The van der Waals surface area contributed by atoms with Gasteiger partial charge in [-0.25, -0.2) is 9.78 Å². The minimum atomic E-state index is -0.0158. The maximum Gasteiger partial charge on any atom is 0.317 e. The number of carbonyl (C=O) groups is 1. The van der Waals surface area contributed by atoms with Crippen LogP contribution in [0.2, 0.25) is 0 Å². The first-order chi connectivity index (χ1) is 12.3. The van der Waals surface area contributed by atoms with Crippen LogP contribution in [-0.2, 0) is 13.1 Å². The molecule has 1 N–H and O–H groups in total. The summed E-state index contributed by atoms with van der Waals surface area (Å²) >= 11 is 1.55. The van der Waals surface area contributed by atoms with E-state index in [9.17, 15) is 4.79 Å². The van der Waals surface area contributed by atoms with E-state index in [1.54, 1.807) is 17.5 Å². The Balaban J connectivity index is 1.24. The Kier molecular flexibility index (Phi) is 4.71. The fourth-order valence-electron chi connectivity index (χ4n) is 3.01. The molecule has 0 unspecified atom stereocenters. The smallest absolute Gasteiger partial charge is 0.317 e. The highest BCUT2D eigenvalue weighted by Crippen LogP contribution is 2.32. The Morgan fingerprint density at radius 1 is 1.20 bits per heavy atom. The van der Waals surface area contributed by atoms with Crippen LogP contribution in [0.25, 0.3) is 0 Å². The van der Waals surface area contributed by atoms with Gasteiger partial charge in [-0.15, -0.1) is 11.3 Å². The number of hydrogen-bond donors (Lipinski definition) is 1. The molecule has 25 heavy (non-hydrogen) atoms. The second-order valence-corrected chi connectivity index (χ2v) is 7.01. The Bertz CT molecular complexity index is 729. The van der Waals surface area contributed by atoms with Crippen molar-refractivity contribution in [3.05, 3.63) is 40.3 Å². The zero-order chi connectivity index (χ0) is 17.1. The monoisotopic (exact) mass is 360 g/mol. The fourth-order valence-corrected chi connectivity index (χ4v) is 3.57. The molecular weight excluding hydrogens is 340 g/mol. The van der Waals surface area contributed by atoms with Crippen LogP contribution in [0.5, 0.6) is 11.5 Å². The molecular formula is C17H20N4O3S. The molecule has 0 saturated carbocycles. The van der Waals surface area contributed by atoms with Crippen molar-refractivity contribution < 1.29 is 14.3 Å². The molecule has 4 rings (SSSR count). The standard InChI is InChI=1S/C17H20N4O3S/c22-17(19-10-16-18-3-8-25-16)21-6-4-20(5-7-21)11-13-1-2-14-15(9-13)24-12-23-14/h1-3,8-9H,4-7,10-12H2,(H,19,22). The summed E-state index contributed by atoms with van der Waals surface area (Å²) in [5, 5.41) is 5.77. The molecule has 7 nitrogen and oxygen atoms in total. The second-order valence-electron chi connectivity index (χ2n) is 6.04. The number of rotatable bonds is 4. The Labute approximate surface area is 150 Å². The topological polar surface area (TPSA) is 66.9 Å². The summed E-state index contributed by atoms with van der Waals surface area (Å²) in [5.41, 5.74) is 1.20. The van der Waals surface area contributed by atoms with E-state index in [1.807, 2.05) is 22.4 Å². The molecule has 3 heterocycles. The van der Waals surface area contributed by atoms with Crippen LogP contribution in [0.1, 0.15) is 10.6 Å². The number of hydrogen-bond acceptors (Lipinski definition) is 6. The van der Waals surface area contributed by atoms with Crippen LogP contribution in [0.4, 0.5) is 4.79 Å². The number of aromatic nitrogens is 1. The van der Waals surface area contributed by atoms with E-state index < -0.39 is 0 Å². The lowest BCUT2D eigenvalue weighted by Gasteiger charge is -2.34. The summed E-state index contributed by atoms with van der Waals surface area (Å²) in [6.45, 7) is 4.83. The van der Waals surface area contributed by atoms with Crippen molar-refractivity contribution in [2.75, 3.05) is 33.0 Å². The van der Waals surface area contributed by atoms with Crippen molar-refractivity contribution in [3.63, 3.8) is 0 Å². The van der Waals surface area contributed by atoms with Gasteiger partial charge in [-0.1, -0.05) is 6.07 Å². The number of benzene rings is 1. The summed E-state index contributed by atoms with van der Waals surface area (Å²) < 4.78 is 10.8. The molecule has 0 radical (unpaired) electrons. The molecule has 0 bridgehead atoms. The largest absolute Gasteiger partial charge is 0.454 e. The minimum absolute atomic E-state index is 0.0158. The summed E-state index contributed by atoms with van der Waals surface area (Å²) in [6.07, 6.45) is 1.75. The molecule has 8 heteroatoms. The van der Waals surface area contributed by atoms with Crippen molar-refractivity contribution in [3.8, 4) is 11.5 Å². The number of carbonyl (C=O) groups excluding carboxylic acids is 1. The molecule has 2 aromatic rings. The lowest BCUT2D eigenvalue weighted by molar-refractivity contribution is 0.135. The minimum Gasteiger partial charge on any atom is -0.454 e. The molecule has 0 aliphatic carbocycles. The van der Waals surface area contributed by atoms with Crippen molar-refractivity contribution in [1.82, 2.24) is 20.1 Å². The van der Waals surface area contributed by atoms with E-state index in [0.717, 1.165) is 49.2 Å².